The van der Waals surface area contributed by atoms with Crippen LogP contribution in [0.15, 0.2) is 12.2 Å². The third-order valence-corrected chi connectivity index (χ3v) is 8.20. The second-order valence-corrected chi connectivity index (χ2v) is 12.4. The first-order valence-electron chi connectivity index (χ1n) is 18.2. The van der Waals surface area contributed by atoms with Gasteiger partial charge in [0.05, 0.1) is 0 Å². The molecule has 0 spiro atoms. The summed E-state index contributed by atoms with van der Waals surface area (Å²) >= 11 is 0. The summed E-state index contributed by atoms with van der Waals surface area (Å²) in [5.41, 5.74) is 0. The summed E-state index contributed by atoms with van der Waals surface area (Å²) in [6, 6.07) is 0. The number of aliphatic carboxylic acids is 1. The van der Waals surface area contributed by atoms with E-state index in [0.717, 1.165) is 57.8 Å². The maximum atomic E-state index is 12.4. The molecular weight excluding hydrogens is 508 g/mol. The van der Waals surface area contributed by atoms with E-state index in [1.807, 2.05) is 0 Å². The van der Waals surface area contributed by atoms with Gasteiger partial charge in [0.15, 0.2) is 0 Å². The Morgan fingerprint density at radius 2 is 0.927 bits per heavy atom. The zero-order chi connectivity index (χ0) is 30.1. The van der Waals surface area contributed by atoms with Crippen LogP contribution in [0.3, 0.4) is 0 Å². The first-order valence-corrected chi connectivity index (χ1v) is 18.2. The molecule has 1 atom stereocenters. The van der Waals surface area contributed by atoms with Crippen molar-refractivity contribution in [1.29, 1.82) is 0 Å². The van der Waals surface area contributed by atoms with E-state index in [4.69, 9.17) is 9.84 Å². The number of hydrogen-bond donors (Lipinski definition) is 1. The number of carbonyl (C=O) groups excluding carboxylic acids is 1. The molecule has 0 fully saturated rings. The lowest BCUT2D eigenvalue weighted by atomic mass is 10.0. The van der Waals surface area contributed by atoms with Crippen molar-refractivity contribution in [3.05, 3.63) is 12.2 Å². The molecule has 0 rings (SSSR count). The second kappa shape index (κ2) is 33.2. The molecule has 4 nitrogen and oxygen atoms in total. The summed E-state index contributed by atoms with van der Waals surface area (Å²) in [4.78, 5) is 23.0. The molecule has 0 saturated carbocycles. The van der Waals surface area contributed by atoms with Crippen molar-refractivity contribution >= 4 is 11.9 Å². The van der Waals surface area contributed by atoms with E-state index in [1.54, 1.807) is 0 Å². The number of allylic oxidation sites excluding steroid dienone is 1. The van der Waals surface area contributed by atoms with Gasteiger partial charge in [0.2, 0.25) is 0 Å². The maximum Gasteiger partial charge on any atom is 0.306 e. The Labute approximate surface area is 255 Å². The molecule has 1 N–H and O–H groups in total. The van der Waals surface area contributed by atoms with Crippen molar-refractivity contribution < 1.29 is 19.4 Å². The molecule has 4 heteroatoms. The lowest BCUT2D eigenvalue weighted by molar-refractivity contribution is -0.147. The van der Waals surface area contributed by atoms with Gasteiger partial charge >= 0.3 is 11.9 Å². The van der Waals surface area contributed by atoms with E-state index < -0.39 is 5.97 Å². The molecule has 0 aliphatic rings. The number of rotatable bonds is 33. The summed E-state index contributed by atoms with van der Waals surface area (Å²) in [7, 11) is 0. The monoisotopic (exact) mass is 579 g/mol. The van der Waals surface area contributed by atoms with E-state index in [9.17, 15) is 9.59 Å². The van der Waals surface area contributed by atoms with Crippen molar-refractivity contribution in [3.63, 3.8) is 0 Å². The smallest absolute Gasteiger partial charge is 0.306 e. The van der Waals surface area contributed by atoms with Crippen LogP contribution in [-0.2, 0) is 14.3 Å². The normalized spacial score (nSPS) is 12.2. The van der Waals surface area contributed by atoms with Crippen LogP contribution < -0.4 is 0 Å². The first-order chi connectivity index (χ1) is 20.1. The molecule has 0 aliphatic heterocycles. The van der Waals surface area contributed by atoms with Gasteiger partial charge in [-0.1, -0.05) is 168 Å². The molecule has 0 aromatic rings. The highest BCUT2D eigenvalue weighted by Crippen LogP contribution is 2.16. The Kier molecular flexibility index (Phi) is 32.1. The van der Waals surface area contributed by atoms with Gasteiger partial charge in [0.1, 0.15) is 6.10 Å². The summed E-state index contributed by atoms with van der Waals surface area (Å²) in [5, 5.41) is 8.74. The van der Waals surface area contributed by atoms with E-state index in [2.05, 4.69) is 26.0 Å². The maximum absolute atomic E-state index is 12.4. The summed E-state index contributed by atoms with van der Waals surface area (Å²) in [5.74, 6) is -0.792. The number of ether oxygens (including phenoxy) is 1. The molecule has 0 aromatic carbocycles. The standard InChI is InChI=1S/C37H70O4/c1-3-5-7-8-9-10-11-12-13-14-15-16-17-18-19-20-21-22-23-24-30-34-37(40)41-35(31-27-6-4-2)32-28-25-26-29-33-36(38)39/h27,31,35H,3-26,28-30,32-34H2,1-2H3,(H,38,39)/b31-27-. The number of carbonyl (C=O) groups is 2. The Hall–Kier alpha value is -1.32. The molecule has 1 unspecified atom stereocenters. The van der Waals surface area contributed by atoms with Crippen LogP contribution in [-0.4, -0.2) is 23.1 Å². The fraction of sp³-hybridized carbons (Fsp3) is 0.892. The third-order valence-electron chi connectivity index (χ3n) is 8.20. The van der Waals surface area contributed by atoms with Crippen molar-refractivity contribution in [2.45, 2.75) is 213 Å². The largest absolute Gasteiger partial charge is 0.481 e. The molecule has 242 valence electrons. The van der Waals surface area contributed by atoms with E-state index >= 15 is 0 Å². The fourth-order valence-electron chi connectivity index (χ4n) is 5.51. The van der Waals surface area contributed by atoms with E-state index in [0.29, 0.717) is 6.42 Å². The van der Waals surface area contributed by atoms with Crippen LogP contribution in [0.5, 0.6) is 0 Å². The molecule has 0 bridgehead atoms. The van der Waals surface area contributed by atoms with Gasteiger partial charge < -0.3 is 9.84 Å². The lowest BCUT2D eigenvalue weighted by Gasteiger charge is -2.14. The number of hydrogen-bond acceptors (Lipinski definition) is 3. The average molecular weight is 579 g/mol. The van der Waals surface area contributed by atoms with Gasteiger partial charge in [0, 0.05) is 12.8 Å². The topological polar surface area (TPSA) is 63.6 Å². The quantitative estimate of drug-likeness (QED) is 0.0478. The van der Waals surface area contributed by atoms with Crippen LogP contribution in [0.4, 0.5) is 0 Å². The van der Waals surface area contributed by atoms with Crippen molar-refractivity contribution in [2.24, 2.45) is 0 Å². The lowest BCUT2D eigenvalue weighted by Crippen LogP contribution is -2.16. The van der Waals surface area contributed by atoms with E-state index in [-0.39, 0.29) is 18.5 Å². The Morgan fingerprint density at radius 3 is 1.34 bits per heavy atom. The molecule has 0 aromatic heterocycles. The minimum atomic E-state index is -0.723. The molecule has 0 saturated heterocycles. The van der Waals surface area contributed by atoms with Gasteiger partial charge in [-0.3, -0.25) is 9.59 Å². The third kappa shape index (κ3) is 33.1. The van der Waals surface area contributed by atoms with Gasteiger partial charge in [-0.15, -0.1) is 0 Å². The average Bonchev–Trinajstić information content (AvgIpc) is 2.95. The highest BCUT2D eigenvalue weighted by Gasteiger charge is 2.11. The molecule has 0 radical (unpaired) electrons. The highest BCUT2D eigenvalue weighted by atomic mass is 16.5. The molecular formula is C37H70O4. The molecule has 0 aliphatic carbocycles. The first kappa shape index (κ1) is 39.7. The van der Waals surface area contributed by atoms with Crippen LogP contribution in [0.25, 0.3) is 0 Å². The highest BCUT2D eigenvalue weighted by molar-refractivity contribution is 5.69. The Balaban J connectivity index is 3.56. The second-order valence-electron chi connectivity index (χ2n) is 12.4. The summed E-state index contributed by atoms with van der Waals surface area (Å²) in [6.07, 6.45) is 40.0. The Bertz CT molecular complexity index is 585. The van der Waals surface area contributed by atoms with Crippen molar-refractivity contribution in [3.8, 4) is 0 Å². The predicted molar refractivity (Wildman–Crippen MR) is 177 cm³/mol. The predicted octanol–water partition coefficient (Wildman–Crippen LogP) is 12.3. The number of carboxylic acid groups (broad SMARTS) is 1. The SMILES string of the molecule is CCC/C=C\C(CCCCCCC(=O)O)OC(=O)CCCCCCCCCCCCCCCCCCCCCCC. The molecule has 0 heterocycles. The van der Waals surface area contributed by atoms with Crippen LogP contribution in [0.2, 0.25) is 0 Å². The van der Waals surface area contributed by atoms with Crippen molar-refractivity contribution in [1.82, 2.24) is 0 Å². The van der Waals surface area contributed by atoms with Gasteiger partial charge in [-0.05, 0) is 38.2 Å². The summed E-state index contributed by atoms with van der Waals surface area (Å²) < 4.78 is 5.77. The van der Waals surface area contributed by atoms with Gasteiger partial charge in [-0.25, -0.2) is 0 Å². The zero-order valence-electron chi connectivity index (χ0n) is 27.6. The van der Waals surface area contributed by atoms with Gasteiger partial charge in [0.25, 0.3) is 0 Å². The van der Waals surface area contributed by atoms with Crippen LogP contribution in [0, 0.1) is 0 Å². The number of unbranched alkanes of at least 4 members (excludes halogenated alkanes) is 24. The summed E-state index contributed by atoms with van der Waals surface area (Å²) in [6.45, 7) is 4.44. The van der Waals surface area contributed by atoms with Crippen LogP contribution >= 0.6 is 0 Å². The minimum Gasteiger partial charge on any atom is -0.481 e. The zero-order valence-corrected chi connectivity index (χ0v) is 27.6. The van der Waals surface area contributed by atoms with Gasteiger partial charge in [-0.2, -0.15) is 0 Å². The van der Waals surface area contributed by atoms with Crippen molar-refractivity contribution in [2.75, 3.05) is 0 Å². The fourth-order valence-corrected chi connectivity index (χ4v) is 5.51. The molecule has 41 heavy (non-hydrogen) atoms. The molecule has 0 amide bonds. The minimum absolute atomic E-state index is 0.0696. The number of esters is 1. The Morgan fingerprint density at radius 1 is 0.537 bits per heavy atom. The number of carboxylic acids is 1. The van der Waals surface area contributed by atoms with E-state index in [1.165, 1.54) is 122 Å². The van der Waals surface area contributed by atoms with Crippen LogP contribution in [0.1, 0.15) is 206 Å².